The number of rotatable bonds is 3. The Morgan fingerprint density at radius 3 is 2.69 bits per heavy atom. The second kappa shape index (κ2) is 4.16. The molecule has 1 rings (SSSR count). The molecule has 0 saturated heterocycles. The third-order valence-corrected chi connectivity index (χ3v) is 1.94. The standard InChI is InChI=1S/C10H13NO2/c1-7(13)8-4-2-3-5-9(8)10(11)6-12/h2-5,10,12H,6,11H2,1H3/t10-/m0/s1. The minimum Gasteiger partial charge on any atom is -0.394 e. The van der Waals surface area contributed by atoms with Crippen LogP contribution in [-0.4, -0.2) is 17.5 Å². The van der Waals surface area contributed by atoms with Crippen LogP contribution < -0.4 is 5.73 Å². The first-order valence-corrected chi connectivity index (χ1v) is 4.13. The summed E-state index contributed by atoms with van der Waals surface area (Å²) in [6.07, 6.45) is 0. The highest BCUT2D eigenvalue weighted by molar-refractivity contribution is 5.95. The average molecular weight is 179 g/mol. The highest BCUT2D eigenvalue weighted by atomic mass is 16.3. The highest BCUT2D eigenvalue weighted by Gasteiger charge is 2.11. The number of hydrogen-bond acceptors (Lipinski definition) is 3. The van der Waals surface area contributed by atoms with E-state index in [0.29, 0.717) is 11.1 Å². The number of Topliss-reactive ketones (excluding diaryl/α,β-unsaturated/α-hetero) is 1. The summed E-state index contributed by atoms with van der Waals surface area (Å²) in [5.41, 5.74) is 6.92. The van der Waals surface area contributed by atoms with Crippen molar-refractivity contribution in [3.05, 3.63) is 35.4 Å². The summed E-state index contributed by atoms with van der Waals surface area (Å²) >= 11 is 0. The molecule has 0 amide bonds. The van der Waals surface area contributed by atoms with Gasteiger partial charge in [-0.25, -0.2) is 0 Å². The van der Waals surface area contributed by atoms with Crippen molar-refractivity contribution in [2.24, 2.45) is 5.73 Å². The van der Waals surface area contributed by atoms with Crippen LogP contribution in [0.2, 0.25) is 0 Å². The maximum Gasteiger partial charge on any atom is 0.160 e. The molecule has 70 valence electrons. The third kappa shape index (κ3) is 2.14. The van der Waals surface area contributed by atoms with Crippen LogP contribution in [0.15, 0.2) is 24.3 Å². The molecule has 1 aromatic carbocycles. The van der Waals surface area contributed by atoms with Crippen LogP contribution in [-0.2, 0) is 0 Å². The molecule has 0 unspecified atom stereocenters. The van der Waals surface area contributed by atoms with Gasteiger partial charge in [-0.05, 0) is 12.5 Å². The Labute approximate surface area is 77.2 Å². The van der Waals surface area contributed by atoms with Crippen LogP contribution in [0.25, 0.3) is 0 Å². The molecule has 0 spiro atoms. The summed E-state index contributed by atoms with van der Waals surface area (Å²) in [6, 6.07) is 6.59. The number of aliphatic hydroxyl groups excluding tert-OH is 1. The van der Waals surface area contributed by atoms with Gasteiger partial charge in [0, 0.05) is 5.56 Å². The molecular weight excluding hydrogens is 166 g/mol. The fourth-order valence-electron chi connectivity index (χ4n) is 1.24. The monoisotopic (exact) mass is 179 g/mol. The molecule has 0 saturated carbocycles. The van der Waals surface area contributed by atoms with Gasteiger partial charge in [-0.3, -0.25) is 4.79 Å². The normalized spacial score (nSPS) is 12.5. The van der Waals surface area contributed by atoms with Gasteiger partial charge in [-0.2, -0.15) is 0 Å². The topological polar surface area (TPSA) is 63.3 Å². The second-order valence-corrected chi connectivity index (χ2v) is 2.93. The molecule has 0 bridgehead atoms. The summed E-state index contributed by atoms with van der Waals surface area (Å²) in [6.45, 7) is 1.34. The first-order valence-electron chi connectivity index (χ1n) is 4.13. The van der Waals surface area contributed by atoms with Crippen LogP contribution in [0.1, 0.15) is 28.9 Å². The van der Waals surface area contributed by atoms with Gasteiger partial charge in [-0.15, -0.1) is 0 Å². The van der Waals surface area contributed by atoms with Gasteiger partial charge in [-0.1, -0.05) is 24.3 Å². The van der Waals surface area contributed by atoms with Gasteiger partial charge in [0.1, 0.15) is 0 Å². The lowest BCUT2D eigenvalue weighted by Crippen LogP contribution is -2.17. The Hall–Kier alpha value is -1.19. The fourth-order valence-corrected chi connectivity index (χ4v) is 1.24. The fraction of sp³-hybridized carbons (Fsp3) is 0.300. The molecule has 13 heavy (non-hydrogen) atoms. The van der Waals surface area contributed by atoms with Crippen molar-refractivity contribution in [1.29, 1.82) is 0 Å². The zero-order chi connectivity index (χ0) is 9.84. The Balaban J connectivity index is 3.11. The molecule has 0 aromatic heterocycles. The van der Waals surface area contributed by atoms with E-state index in [0.717, 1.165) is 0 Å². The summed E-state index contributed by atoms with van der Waals surface area (Å²) in [4.78, 5) is 11.1. The smallest absolute Gasteiger partial charge is 0.160 e. The van der Waals surface area contributed by atoms with Crippen molar-refractivity contribution in [1.82, 2.24) is 0 Å². The van der Waals surface area contributed by atoms with Gasteiger partial charge in [0.05, 0.1) is 12.6 Å². The van der Waals surface area contributed by atoms with Crippen LogP contribution >= 0.6 is 0 Å². The van der Waals surface area contributed by atoms with Crippen molar-refractivity contribution in [2.75, 3.05) is 6.61 Å². The maximum absolute atomic E-state index is 11.1. The SMILES string of the molecule is CC(=O)c1ccccc1[C@@H](N)CO. The quantitative estimate of drug-likeness (QED) is 0.677. The average Bonchev–Trinajstić information content (AvgIpc) is 2.16. The minimum atomic E-state index is -0.472. The number of carbonyl (C=O) groups excluding carboxylic acids is 1. The number of aliphatic hydroxyl groups is 1. The minimum absolute atomic E-state index is 0.0282. The molecule has 0 heterocycles. The van der Waals surface area contributed by atoms with Crippen molar-refractivity contribution in [2.45, 2.75) is 13.0 Å². The largest absolute Gasteiger partial charge is 0.394 e. The van der Waals surface area contributed by atoms with E-state index in [1.165, 1.54) is 6.92 Å². The Morgan fingerprint density at radius 2 is 2.15 bits per heavy atom. The van der Waals surface area contributed by atoms with Crippen molar-refractivity contribution in [3.63, 3.8) is 0 Å². The number of benzene rings is 1. The maximum atomic E-state index is 11.1. The van der Waals surface area contributed by atoms with E-state index in [4.69, 9.17) is 10.8 Å². The Bertz CT molecular complexity index is 310. The molecule has 3 N–H and O–H groups in total. The molecule has 3 nitrogen and oxygen atoms in total. The van der Waals surface area contributed by atoms with Crippen molar-refractivity contribution < 1.29 is 9.90 Å². The lowest BCUT2D eigenvalue weighted by Gasteiger charge is -2.11. The number of ketones is 1. The predicted molar refractivity (Wildman–Crippen MR) is 50.5 cm³/mol. The van der Waals surface area contributed by atoms with Crippen LogP contribution in [0.5, 0.6) is 0 Å². The van der Waals surface area contributed by atoms with E-state index in [1.807, 2.05) is 0 Å². The number of nitrogens with two attached hydrogens (primary N) is 1. The van der Waals surface area contributed by atoms with Gasteiger partial charge >= 0.3 is 0 Å². The van der Waals surface area contributed by atoms with E-state index in [-0.39, 0.29) is 12.4 Å². The first-order chi connectivity index (χ1) is 6.16. The molecule has 0 aliphatic rings. The second-order valence-electron chi connectivity index (χ2n) is 2.93. The van der Waals surface area contributed by atoms with Crippen molar-refractivity contribution >= 4 is 5.78 Å². The van der Waals surface area contributed by atoms with Crippen LogP contribution in [0.4, 0.5) is 0 Å². The molecule has 1 atom stereocenters. The summed E-state index contributed by atoms with van der Waals surface area (Å²) in [5.74, 6) is -0.0282. The van der Waals surface area contributed by atoms with Crippen LogP contribution in [0.3, 0.4) is 0 Å². The van der Waals surface area contributed by atoms with Gasteiger partial charge in [0.2, 0.25) is 0 Å². The van der Waals surface area contributed by atoms with Crippen LogP contribution in [0, 0.1) is 0 Å². The van der Waals surface area contributed by atoms with E-state index in [1.54, 1.807) is 24.3 Å². The van der Waals surface area contributed by atoms with E-state index >= 15 is 0 Å². The summed E-state index contributed by atoms with van der Waals surface area (Å²) < 4.78 is 0. The molecule has 0 radical (unpaired) electrons. The number of carbonyl (C=O) groups is 1. The molecule has 3 heteroatoms. The lowest BCUT2D eigenvalue weighted by molar-refractivity contribution is 0.101. The van der Waals surface area contributed by atoms with E-state index in [9.17, 15) is 4.79 Å². The Kier molecular flexibility index (Phi) is 3.17. The number of hydrogen-bond donors (Lipinski definition) is 2. The van der Waals surface area contributed by atoms with Gasteiger partial charge < -0.3 is 10.8 Å². The first kappa shape index (κ1) is 9.89. The van der Waals surface area contributed by atoms with Gasteiger partial charge in [0.25, 0.3) is 0 Å². The van der Waals surface area contributed by atoms with Crippen molar-refractivity contribution in [3.8, 4) is 0 Å². The molecule has 0 fully saturated rings. The summed E-state index contributed by atoms with van der Waals surface area (Å²) in [7, 11) is 0. The Morgan fingerprint density at radius 1 is 1.54 bits per heavy atom. The third-order valence-electron chi connectivity index (χ3n) is 1.94. The predicted octanol–water partition coefficient (Wildman–Crippen LogP) is 0.881. The van der Waals surface area contributed by atoms with Gasteiger partial charge in [0.15, 0.2) is 5.78 Å². The molecule has 0 aliphatic heterocycles. The highest BCUT2D eigenvalue weighted by Crippen LogP contribution is 2.15. The lowest BCUT2D eigenvalue weighted by atomic mass is 9.99. The molecular formula is C10H13NO2. The van der Waals surface area contributed by atoms with E-state index in [2.05, 4.69) is 0 Å². The zero-order valence-electron chi connectivity index (χ0n) is 7.53. The summed E-state index contributed by atoms with van der Waals surface area (Å²) in [5, 5.41) is 8.86. The zero-order valence-corrected chi connectivity index (χ0v) is 7.53. The molecule has 0 aliphatic carbocycles. The van der Waals surface area contributed by atoms with E-state index < -0.39 is 6.04 Å². The molecule has 1 aromatic rings.